The molecule has 3 aliphatic carbocycles. The fourth-order valence-corrected chi connectivity index (χ4v) is 7.95. The first-order valence-corrected chi connectivity index (χ1v) is 14.8. The normalized spacial score (nSPS) is 19.4. The monoisotopic (exact) mass is 482 g/mol. The van der Waals surface area contributed by atoms with Gasteiger partial charge in [0.05, 0.1) is 5.41 Å². The van der Waals surface area contributed by atoms with Crippen LogP contribution in [0.4, 0.5) is 0 Å². The molecule has 0 unspecified atom stereocenters. The Bertz CT molecular complexity index is 1290. The van der Waals surface area contributed by atoms with Gasteiger partial charge in [0.15, 0.2) is 0 Å². The van der Waals surface area contributed by atoms with E-state index in [1.54, 1.807) is 11.1 Å². The van der Waals surface area contributed by atoms with Crippen molar-refractivity contribution < 1.29 is 0 Å². The maximum Gasteiger partial charge on any atom is 0.0713 e. The van der Waals surface area contributed by atoms with E-state index >= 15 is 0 Å². The van der Waals surface area contributed by atoms with E-state index in [9.17, 15) is 0 Å². The fourth-order valence-electron chi connectivity index (χ4n) is 7.95. The molecule has 37 heavy (non-hydrogen) atoms. The molecule has 0 radical (unpaired) electrons. The molecule has 4 aromatic carbocycles. The van der Waals surface area contributed by atoms with Crippen LogP contribution >= 0.6 is 0 Å². The highest BCUT2D eigenvalue weighted by Gasteiger charge is 2.46. The Morgan fingerprint density at radius 1 is 0.432 bits per heavy atom. The molecule has 7 rings (SSSR count). The van der Waals surface area contributed by atoms with Gasteiger partial charge in [-0.05, 0) is 82.0 Å². The highest BCUT2D eigenvalue weighted by atomic mass is 14.5. The Kier molecular flexibility index (Phi) is 6.00. The number of benzene rings is 4. The number of hydrogen-bond acceptors (Lipinski definition) is 0. The topological polar surface area (TPSA) is 0 Å². The summed E-state index contributed by atoms with van der Waals surface area (Å²) in [5.74, 6) is 1.40. The first kappa shape index (κ1) is 23.0. The van der Waals surface area contributed by atoms with Crippen molar-refractivity contribution in [3.05, 3.63) is 130 Å². The van der Waals surface area contributed by atoms with Crippen molar-refractivity contribution in [2.45, 2.75) is 81.5 Å². The summed E-state index contributed by atoms with van der Waals surface area (Å²) in [4.78, 5) is 0. The molecule has 0 aliphatic heterocycles. The molecule has 0 N–H and O–H groups in total. The highest BCUT2D eigenvalue weighted by Crippen LogP contribution is 2.56. The van der Waals surface area contributed by atoms with Crippen molar-refractivity contribution in [1.82, 2.24) is 0 Å². The second-order valence-electron chi connectivity index (χ2n) is 11.8. The molecule has 186 valence electrons. The van der Waals surface area contributed by atoms with Crippen molar-refractivity contribution in [3.63, 3.8) is 0 Å². The van der Waals surface area contributed by atoms with E-state index in [0.717, 1.165) is 0 Å². The molecule has 0 bridgehead atoms. The third kappa shape index (κ3) is 3.80. The van der Waals surface area contributed by atoms with E-state index in [1.807, 2.05) is 0 Å². The molecule has 0 heterocycles. The van der Waals surface area contributed by atoms with Crippen LogP contribution in [0.5, 0.6) is 0 Å². The van der Waals surface area contributed by atoms with Crippen LogP contribution in [-0.2, 0) is 5.41 Å². The summed E-state index contributed by atoms with van der Waals surface area (Å²) in [6.45, 7) is 0. The second kappa shape index (κ2) is 9.64. The quantitative estimate of drug-likeness (QED) is 0.239. The predicted molar refractivity (Wildman–Crippen MR) is 155 cm³/mol. The highest BCUT2D eigenvalue weighted by molar-refractivity contribution is 5.86. The van der Waals surface area contributed by atoms with Crippen molar-refractivity contribution in [1.29, 1.82) is 0 Å². The van der Waals surface area contributed by atoms with E-state index < -0.39 is 0 Å². The standard InChI is InChI=1S/C37H38/c1-3-13-27(14-4-1)29-17-11-19-31(25-29)37(32-20-12-18-30(26-32)28-15-5-2-6-16-28)35-23-9-7-21-33(35)34-22-8-10-24-36(34)37/h7-12,17-28H,1-6,13-16H2. The second-order valence-corrected chi connectivity index (χ2v) is 11.8. The Hall–Kier alpha value is -3.12. The van der Waals surface area contributed by atoms with Gasteiger partial charge < -0.3 is 0 Å². The third-order valence-electron chi connectivity index (χ3n) is 9.74. The SMILES string of the molecule is c1cc(C2CCCCC2)cc(C2(c3cccc(C4CCCCC4)c3)c3ccccc3-c3ccccc32)c1. The number of fused-ring (bicyclic) bond motifs is 3. The van der Waals surface area contributed by atoms with Crippen molar-refractivity contribution in [2.75, 3.05) is 0 Å². The van der Waals surface area contributed by atoms with Crippen molar-refractivity contribution in [3.8, 4) is 11.1 Å². The van der Waals surface area contributed by atoms with E-state index in [1.165, 1.54) is 97.6 Å². The summed E-state index contributed by atoms with van der Waals surface area (Å²) >= 11 is 0. The van der Waals surface area contributed by atoms with Crippen LogP contribution in [0, 0.1) is 0 Å². The van der Waals surface area contributed by atoms with Gasteiger partial charge in [-0.15, -0.1) is 0 Å². The van der Waals surface area contributed by atoms with Crippen molar-refractivity contribution >= 4 is 0 Å². The molecule has 2 saturated carbocycles. The van der Waals surface area contributed by atoms with Crippen LogP contribution in [0.1, 0.15) is 109 Å². The van der Waals surface area contributed by atoms with Gasteiger partial charge in [0.1, 0.15) is 0 Å². The minimum atomic E-state index is -0.275. The largest absolute Gasteiger partial charge is 0.0713 e. The van der Waals surface area contributed by atoms with Gasteiger partial charge in [-0.1, -0.05) is 136 Å². The van der Waals surface area contributed by atoms with E-state index in [2.05, 4.69) is 97.1 Å². The average molecular weight is 483 g/mol. The minimum absolute atomic E-state index is 0.275. The lowest BCUT2D eigenvalue weighted by Crippen LogP contribution is -2.29. The maximum atomic E-state index is 2.59. The summed E-state index contributed by atoms with van der Waals surface area (Å²) in [6, 6.07) is 37.9. The van der Waals surface area contributed by atoms with Crippen molar-refractivity contribution in [2.24, 2.45) is 0 Å². The summed E-state index contributed by atoms with van der Waals surface area (Å²) in [5, 5.41) is 0. The van der Waals surface area contributed by atoms with Gasteiger partial charge in [0, 0.05) is 0 Å². The zero-order valence-corrected chi connectivity index (χ0v) is 22.0. The first-order chi connectivity index (χ1) is 18.4. The van der Waals surface area contributed by atoms with Crippen LogP contribution in [0.15, 0.2) is 97.1 Å². The Morgan fingerprint density at radius 3 is 1.32 bits per heavy atom. The van der Waals surface area contributed by atoms with Gasteiger partial charge in [-0.3, -0.25) is 0 Å². The van der Waals surface area contributed by atoms with Crippen LogP contribution in [0.3, 0.4) is 0 Å². The van der Waals surface area contributed by atoms with Crippen LogP contribution in [0.2, 0.25) is 0 Å². The molecule has 2 fully saturated rings. The fraction of sp³-hybridized carbons (Fsp3) is 0.351. The van der Waals surface area contributed by atoms with Gasteiger partial charge in [0.25, 0.3) is 0 Å². The summed E-state index contributed by atoms with van der Waals surface area (Å²) in [5.41, 5.74) is 11.4. The molecule has 0 aromatic heterocycles. The zero-order chi connectivity index (χ0) is 24.7. The molecule has 0 saturated heterocycles. The molecule has 4 aromatic rings. The number of rotatable bonds is 4. The summed E-state index contributed by atoms with van der Waals surface area (Å²) in [7, 11) is 0. The van der Waals surface area contributed by atoms with Gasteiger partial charge >= 0.3 is 0 Å². The molecule has 0 nitrogen and oxygen atoms in total. The molecule has 0 heteroatoms. The molecule has 0 spiro atoms. The molecule has 3 aliphatic rings. The van der Waals surface area contributed by atoms with E-state index in [-0.39, 0.29) is 5.41 Å². The van der Waals surface area contributed by atoms with Gasteiger partial charge in [-0.25, -0.2) is 0 Å². The Balaban J connectivity index is 1.48. The Morgan fingerprint density at radius 2 is 0.865 bits per heavy atom. The van der Waals surface area contributed by atoms with Crippen LogP contribution < -0.4 is 0 Å². The Labute approximate surface area is 222 Å². The summed E-state index contributed by atoms with van der Waals surface area (Å²) < 4.78 is 0. The average Bonchev–Trinajstić information content (AvgIpc) is 3.30. The molecular formula is C37H38. The lowest BCUT2D eigenvalue weighted by atomic mass is 9.66. The third-order valence-corrected chi connectivity index (χ3v) is 9.74. The lowest BCUT2D eigenvalue weighted by Gasteiger charge is -2.35. The number of hydrogen-bond donors (Lipinski definition) is 0. The lowest BCUT2D eigenvalue weighted by molar-refractivity contribution is 0.442. The smallest absolute Gasteiger partial charge is 0.0619 e. The van der Waals surface area contributed by atoms with E-state index in [4.69, 9.17) is 0 Å². The van der Waals surface area contributed by atoms with Crippen LogP contribution in [-0.4, -0.2) is 0 Å². The molecular weight excluding hydrogens is 444 g/mol. The first-order valence-electron chi connectivity index (χ1n) is 14.8. The minimum Gasteiger partial charge on any atom is -0.0619 e. The summed E-state index contributed by atoms with van der Waals surface area (Å²) in [6.07, 6.45) is 13.6. The van der Waals surface area contributed by atoms with E-state index in [0.29, 0.717) is 11.8 Å². The van der Waals surface area contributed by atoms with Crippen LogP contribution in [0.25, 0.3) is 11.1 Å². The maximum absolute atomic E-state index is 2.59. The van der Waals surface area contributed by atoms with Gasteiger partial charge in [-0.2, -0.15) is 0 Å². The molecule has 0 atom stereocenters. The molecule has 0 amide bonds. The van der Waals surface area contributed by atoms with Gasteiger partial charge in [0.2, 0.25) is 0 Å². The zero-order valence-electron chi connectivity index (χ0n) is 22.0. The predicted octanol–water partition coefficient (Wildman–Crippen LogP) is 10.1.